The van der Waals surface area contributed by atoms with Crippen LogP contribution in [0.25, 0.3) is 0 Å². The third-order valence-corrected chi connectivity index (χ3v) is 5.93. The minimum Gasteiger partial charge on any atom is -0.487 e. The number of pyridine rings is 1. The van der Waals surface area contributed by atoms with Crippen molar-refractivity contribution in [2.45, 2.75) is 33.0 Å². The number of rotatable bonds is 9. The third-order valence-electron chi connectivity index (χ3n) is 5.20. The van der Waals surface area contributed by atoms with Gasteiger partial charge in [0.15, 0.2) is 0 Å². The highest BCUT2D eigenvalue weighted by Crippen LogP contribution is 2.24. The summed E-state index contributed by atoms with van der Waals surface area (Å²) in [6, 6.07) is 12.2. The molecule has 0 saturated heterocycles. The number of hydrogen-bond donors (Lipinski definition) is 1. The van der Waals surface area contributed by atoms with Crippen LogP contribution in [0.1, 0.15) is 28.8 Å². The van der Waals surface area contributed by atoms with Crippen LogP contribution in [0.2, 0.25) is 0 Å². The smallest absolute Gasteiger partial charge is 0.315 e. The Hall–Kier alpha value is -3.53. The molecule has 2 aromatic carbocycles. The maximum Gasteiger partial charge on any atom is 0.315 e. The molecule has 0 fully saturated rings. The molecule has 0 unspecified atom stereocenters. The molecule has 1 N–H and O–H groups in total. The first-order valence-electron chi connectivity index (χ1n) is 10.6. The van der Waals surface area contributed by atoms with Gasteiger partial charge >= 0.3 is 5.97 Å². The molecule has 3 aromatic rings. The topological polar surface area (TPSA) is 86.6 Å². The van der Waals surface area contributed by atoms with Crippen LogP contribution in [0, 0.1) is 18.6 Å². The van der Waals surface area contributed by atoms with E-state index >= 15 is 0 Å². The zero-order valence-electron chi connectivity index (χ0n) is 19.1. The summed E-state index contributed by atoms with van der Waals surface area (Å²) in [4.78, 5) is 35.7. The van der Waals surface area contributed by atoms with Crippen LogP contribution in [-0.4, -0.2) is 23.6 Å². The van der Waals surface area contributed by atoms with Crippen molar-refractivity contribution in [3.05, 3.63) is 97.4 Å². The molecule has 35 heavy (non-hydrogen) atoms. The average molecular weight is 549 g/mol. The van der Waals surface area contributed by atoms with Crippen LogP contribution in [0.15, 0.2) is 57.8 Å². The Morgan fingerprint density at radius 1 is 1.06 bits per heavy atom. The molecule has 184 valence electrons. The van der Waals surface area contributed by atoms with Gasteiger partial charge in [0.1, 0.15) is 34.9 Å². The molecule has 0 aliphatic heterocycles. The molecule has 10 heteroatoms. The second-order valence-corrected chi connectivity index (χ2v) is 8.52. The van der Waals surface area contributed by atoms with Gasteiger partial charge in [-0.25, -0.2) is 8.78 Å². The number of hydrogen-bond acceptors (Lipinski definition) is 5. The van der Waals surface area contributed by atoms with Gasteiger partial charge < -0.3 is 19.4 Å². The first-order chi connectivity index (χ1) is 16.7. The normalized spacial score (nSPS) is 10.7. The number of halogens is 3. The molecule has 0 atom stereocenters. The van der Waals surface area contributed by atoms with Gasteiger partial charge in [0.2, 0.25) is 5.91 Å². The van der Waals surface area contributed by atoms with Gasteiger partial charge in [-0.3, -0.25) is 14.4 Å². The van der Waals surface area contributed by atoms with Crippen molar-refractivity contribution in [3.63, 3.8) is 0 Å². The number of nitrogens with one attached hydrogen (secondary N) is 1. The Labute approximate surface area is 208 Å². The van der Waals surface area contributed by atoms with E-state index in [-0.39, 0.29) is 40.9 Å². The Morgan fingerprint density at radius 3 is 2.40 bits per heavy atom. The highest BCUT2D eigenvalue weighted by Gasteiger charge is 2.14. The van der Waals surface area contributed by atoms with E-state index in [0.717, 1.165) is 23.3 Å². The van der Waals surface area contributed by atoms with Gasteiger partial charge in [0.05, 0.1) is 13.7 Å². The lowest BCUT2D eigenvalue weighted by atomic mass is 10.1. The van der Waals surface area contributed by atoms with Crippen LogP contribution >= 0.6 is 15.9 Å². The first kappa shape index (κ1) is 26.1. The minimum atomic E-state index is -0.724. The summed E-state index contributed by atoms with van der Waals surface area (Å²) < 4.78 is 38.8. The summed E-state index contributed by atoms with van der Waals surface area (Å²) in [7, 11) is 1.22. The number of nitrogens with zero attached hydrogens (tertiary/aromatic N) is 1. The number of esters is 1. The summed E-state index contributed by atoms with van der Waals surface area (Å²) >= 11 is 3.26. The van der Waals surface area contributed by atoms with E-state index in [4.69, 9.17) is 4.74 Å². The van der Waals surface area contributed by atoms with Crippen molar-refractivity contribution >= 4 is 27.8 Å². The molecule has 3 rings (SSSR count). The van der Waals surface area contributed by atoms with Gasteiger partial charge in [-0.1, -0.05) is 24.3 Å². The van der Waals surface area contributed by atoms with Gasteiger partial charge in [0, 0.05) is 29.9 Å². The largest absolute Gasteiger partial charge is 0.487 e. The van der Waals surface area contributed by atoms with E-state index in [1.807, 2.05) is 24.3 Å². The second-order valence-electron chi connectivity index (χ2n) is 7.73. The summed E-state index contributed by atoms with van der Waals surface area (Å²) in [5.41, 5.74) is 2.16. The summed E-state index contributed by atoms with van der Waals surface area (Å²) in [5, 5.41) is 2.64. The lowest BCUT2D eigenvalue weighted by molar-refractivity contribution is -0.143. The second kappa shape index (κ2) is 11.7. The van der Waals surface area contributed by atoms with Crippen molar-refractivity contribution in [2.75, 3.05) is 7.11 Å². The molecule has 0 radical (unpaired) electrons. The number of carbonyl (C=O) groups excluding carboxylic acids is 2. The molecule has 0 bridgehead atoms. The number of aromatic nitrogens is 1. The standard InChI is InChI=1S/C25H23BrF2N2O5/c1-15-9-21(35-14-18-7-8-19(27)10-20(18)28)24(26)25(33)30(15)13-17-5-3-16(4-6-17)12-29-22(31)11-23(32)34-2/h3-10H,11-14H2,1-2H3,(H,29,31). The Morgan fingerprint density at radius 2 is 1.74 bits per heavy atom. The number of ether oxygens (including phenoxy) is 2. The molecule has 0 spiro atoms. The van der Waals surface area contributed by atoms with E-state index in [2.05, 4.69) is 26.0 Å². The van der Waals surface area contributed by atoms with Crippen molar-refractivity contribution in [3.8, 4) is 5.75 Å². The van der Waals surface area contributed by atoms with E-state index in [0.29, 0.717) is 12.2 Å². The number of methoxy groups -OCH3 is 1. The minimum absolute atomic E-state index is 0.161. The summed E-state index contributed by atoms with van der Waals surface area (Å²) in [6.07, 6.45) is -0.343. The summed E-state index contributed by atoms with van der Waals surface area (Å²) in [6.45, 7) is 2.14. The number of carbonyl (C=O) groups is 2. The predicted molar refractivity (Wildman–Crippen MR) is 128 cm³/mol. The summed E-state index contributed by atoms with van der Waals surface area (Å²) in [5.74, 6) is -2.19. The van der Waals surface area contributed by atoms with E-state index in [1.165, 1.54) is 13.2 Å². The van der Waals surface area contributed by atoms with Gasteiger partial charge in [0.25, 0.3) is 5.56 Å². The molecular formula is C25H23BrF2N2O5. The Balaban J connectivity index is 1.66. The highest BCUT2D eigenvalue weighted by atomic mass is 79.9. The van der Waals surface area contributed by atoms with Gasteiger partial charge in [-0.2, -0.15) is 0 Å². The van der Waals surface area contributed by atoms with Crippen molar-refractivity contribution < 1.29 is 27.8 Å². The van der Waals surface area contributed by atoms with Gasteiger partial charge in [-0.15, -0.1) is 0 Å². The maximum atomic E-state index is 13.9. The predicted octanol–water partition coefficient (Wildman–Crippen LogP) is 4.00. The molecule has 1 aromatic heterocycles. The van der Waals surface area contributed by atoms with Crippen molar-refractivity contribution in [1.82, 2.24) is 9.88 Å². The molecule has 1 heterocycles. The highest BCUT2D eigenvalue weighted by molar-refractivity contribution is 9.10. The van der Waals surface area contributed by atoms with Crippen LogP contribution in [-0.2, 0) is 34.0 Å². The van der Waals surface area contributed by atoms with Crippen molar-refractivity contribution in [2.24, 2.45) is 0 Å². The monoisotopic (exact) mass is 548 g/mol. The number of benzene rings is 2. The lowest BCUT2D eigenvalue weighted by Gasteiger charge is -2.15. The van der Waals surface area contributed by atoms with Crippen LogP contribution in [0.4, 0.5) is 8.78 Å². The molecule has 0 aliphatic rings. The zero-order valence-corrected chi connectivity index (χ0v) is 20.7. The van der Waals surface area contributed by atoms with Gasteiger partial charge in [-0.05, 0) is 46.1 Å². The zero-order chi connectivity index (χ0) is 25.5. The van der Waals surface area contributed by atoms with Crippen LogP contribution < -0.4 is 15.6 Å². The Kier molecular flexibility index (Phi) is 8.75. The number of aryl methyl sites for hydroxylation is 1. The SMILES string of the molecule is COC(=O)CC(=O)NCc1ccc(Cn2c(C)cc(OCc3ccc(F)cc3F)c(Br)c2=O)cc1. The number of amides is 1. The quantitative estimate of drug-likeness (QED) is 0.322. The Bertz CT molecular complexity index is 1290. The molecular weight excluding hydrogens is 526 g/mol. The lowest BCUT2D eigenvalue weighted by Crippen LogP contribution is -2.25. The molecule has 0 saturated carbocycles. The van der Waals surface area contributed by atoms with Crippen LogP contribution in [0.5, 0.6) is 5.75 Å². The molecule has 0 aliphatic carbocycles. The first-order valence-corrected chi connectivity index (χ1v) is 11.3. The molecule has 1 amide bonds. The van der Waals surface area contributed by atoms with E-state index in [9.17, 15) is 23.2 Å². The fraction of sp³-hybridized carbons (Fsp3) is 0.240. The fourth-order valence-corrected chi connectivity index (χ4v) is 3.67. The maximum absolute atomic E-state index is 13.9. The van der Waals surface area contributed by atoms with Crippen molar-refractivity contribution in [1.29, 1.82) is 0 Å². The van der Waals surface area contributed by atoms with Crippen LogP contribution in [0.3, 0.4) is 0 Å². The molecule has 7 nitrogen and oxygen atoms in total. The van der Waals surface area contributed by atoms with E-state index in [1.54, 1.807) is 17.6 Å². The fourth-order valence-electron chi connectivity index (χ4n) is 3.22. The third kappa shape index (κ3) is 6.98. The van der Waals surface area contributed by atoms with E-state index < -0.39 is 23.5 Å². The average Bonchev–Trinajstić information content (AvgIpc) is 2.83.